The molecule has 1 aromatic rings. The maximum atomic E-state index is 10.8. The summed E-state index contributed by atoms with van der Waals surface area (Å²) >= 11 is 0. The highest BCUT2D eigenvalue weighted by molar-refractivity contribution is 5.34. The van der Waals surface area contributed by atoms with Crippen LogP contribution in [0.25, 0.3) is 0 Å². The summed E-state index contributed by atoms with van der Waals surface area (Å²) < 4.78 is 0. The number of nitrogens with one attached hydrogen (secondary N) is 2. The molecule has 14 heavy (non-hydrogen) atoms. The van der Waals surface area contributed by atoms with E-state index in [9.17, 15) is 4.79 Å². The Bertz CT molecular complexity index is 363. The van der Waals surface area contributed by atoms with Crippen LogP contribution >= 0.6 is 0 Å². The van der Waals surface area contributed by atoms with E-state index < -0.39 is 0 Å². The van der Waals surface area contributed by atoms with Crippen molar-refractivity contribution < 1.29 is 0 Å². The third-order valence-electron chi connectivity index (χ3n) is 2.27. The first-order chi connectivity index (χ1) is 6.84. The van der Waals surface area contributed by atoms with Crippen LogP contribution in [0, 0.1) is 0 Å². The summed E-state index contributed by atoms with van der Waals surface area (Å²) in [5.41, 5.74) is -0.172. The number of nitrogens with zero attached hydrogens (tertiary/aromatic N) is 1. The summed E-state index contributed by atoms with van der Waals surface area (Å²) in [6.07, 6.45) is 7.81. The number of H-pyrrole nitrogens is 1. The van der Waals surface area contributed by atoms with E-state index in [-0.39, 0.29) is 5.56 Å². The topological polar surface area (TPSA) is 57.8 Å². The van der Waals surface area contributed by atoms with Crippen molar-refractivity contribution in [3.05, 3.63) is 34.6 Å². The Balaban J connectivity index is 2.03. The largest absolute Gasteiger partial charge is 0.362 e. The van der Waals surface area contributed by atoms with Crippen molar-refractivity contribution in [1.29, 1.82) is 0 Å². The van der Waals surface area contributed by atoms with Crippen molar-refractivity contribution >= 4 is 5.82 Å². The van der Waals surface area contributed by atoms with Gasteiger partial charge in [-0.15, -0.1) is 0 Å². The van der Waals surface area contributed by atoms with Gasteiger partial charge in [0, 0.05) is 12.1 Å². The minimum Gasteiger partial charge on any atom is -0.362 e. The summed E-state index contributed by atoms with van der Waals surface area (Å²) in [5, 5.41) is 9.53. The SMILES string of the molecule is O=c1ccc(NC2C=CCCC2)n[nH]1. The molecule has 0 aromatic carbocycles. The van der Waals surface area contributed by atoms with Crippen LogP contribution in [-0.4, -0.2) is 16.2 Å². The van der Waals surface area contributed by atoms with Crippen molar-refractivity contribution in [2.45, 2.75) is 25.3 Å². The minimum absolute atomic E-state index is 0.172. The molecule has 4 heteroatoms. The first-order valence-corrected chi connectivity index (χ1v) is 4.83. The smallest absolute Gasteiger partial charge is 0.264 e. The molecule has 74 valence electrons. The number of aromatic amines is 1. The van der Waals surface area contributed by atoms with Gasteiger partial charge < -0.3 is 5.32 Å². The molecule has 0 saturated heterocycles. The molecule has 1 unspecified atom stereocenters. The van der Waals surface area contributed by atoms with Gasteiger partial charge in [0.1, 0.15) is 5.82 Å². The Kier molecular flexibility index (Phi) is 2.62. The van der Waals surface area contributed by atoms with Crippen LogP contribution in [0.1, 0.15) is 19.3 Å². The number of hydrogen-bond acceptors (Lipinski definition) is 3. The zero-order chi connectivity index (χ0) is 9.80. The zero-order valence-electron chi connectivity index (χ0n) is 7.86. The lowest BCUT2D eigenvalue weighted by Crippen LogP contribution is -2.20. The van der Waals surface area contributed by atoms with E-state index in [0.29, 0.717) is 6.04 Å². The molecule has 0 radical (unpaired) electrons. The molecule has 1 heterocycles. The van der Waals surface area contributed by atoms with E-state index in [2.05, 4.69) is 27.7 Å². The van der Waals surface area contributed by atoms with Gasteiger partial charge in [0.25, 0.3) is 5.56 Å². The maximum Gasteiger partial charge on any atom is 0.264 e. The minimum atomic E-state index is -0.172. The van der Waals surface area contributed by atoms with E-state index in [4.69, 9.17) is 0 Å². The molecule has 1 atom stereocenters. The lowest BCUT2D eigenvalue weighted by Gasteiger charge is -2.17. The normalized spacial score (nSPS) is 20.7. The average molecular weight is 191 g/mol. The molecule has 1 aromatic heterocycles. The van der Waals surface area contributed by atoms with Gasteiger partial charge in [-0.1, -0.05) is 12.2 Å². The molecule has 4 nitrogen and oxygen atoms in total. The molecule has 0 amide bonds. The van der Waals surface area contributed by atoms with E-state index in [1.165, 1.54) is 12.5 Å². The summed E-state index contributed by atoms with van der Waals surface area (Å²) in [6.45, 7) is 0. The molecule has 0 fully saturated rings. The number of hydrogen-bond donors (Lipinski definition) is 2. The summed E-state index contributed by atoms with van der Waals surface area (Å²) in [4.78, 5) is 10.8. The Morgan fingerprint density at radius 1 is 1.50 bits per heavy atom. The van der Waals surface area contributed by atoms with Crippen molar-refractivity contribution in [2.75, 3.05) is 5.32 Å². The second-order valence-corrected chi connectivity index (χ2v) is 3.42. The van der Waals surface area contributed by atoms with Gasteiger partial charge in [0.15, 0.2) is 0 Å². The van der Waals surface area contributed by atoms with Crippen molar-refractivity contribution in [1.82, 2.24) is 10.2 Å². The number of rotatable bonds is 2. The molecular weight excluding hydrogens is 178 g/mol. The zero-order valence-corrected chi connectivity index (χ0v) is 7.86. The monoisotopic (exact) mass is 191 g/mol. The summed E-state index contributed by atoms with van der Waals surface area (Å²) in [7, 11) is 0. The van der Waals surface area contributed by atoms with E-state index in [1.807, 2.05) is 0 Å². The quantitative estimate of drug-likeness (QED) is 0.692. The second-order valence-electron chi connectivity index (χ2n) is 3.42. The van der Waals surface area contributed by atoms with Crippen LogP contribution in [0.5, 0.6) is 0 Å². The van der Waals surface area contributed by atoms with Crippen LogP contribution in [0.15, 0.2) is 29.1 Å². The molecule has 0 aliphatic heterocycles. The Labute approximate surface area is 82.0 Å². The number of aromatic nitrogens is 2. The lowest BCUT2D eigenvalue weighted by atomic mass is 10.0. The first-order valence-electron chi connectivity index (χ1n) is 4.83. The van der Waals surface area contributed by atoms with Crippen molar-refractivity contribution in [3.8, 4) is 0 Å². The van der Waals surface area contributed by atoms with Gasteiger partial charge in [-0.2, -0.15) is 5.10 Å². The standard InChI is InChI=1S/C10H13N3O/c14-10-7-6-9(12-13-10)11-8-4-2-1-3-5-8/h2,4,6-8H,1,3,5H2,(H,11,12)(H,13,14). The molecular formula is C10H13N3O. The Hall–Kier alpha value is -1.58. The summed E-state index contributed by atoms with van der Waals surface area (Å²) in [5.74, 6) is 0.723. The van der Waals surface area contributed by atoms with Gasteiger partial charge in [-0.3, -0.25) is 4.79 Å². The predicted molar refractivity (Wildman–Crippen MR) is 55.3 cm³/mol. The third kappa shape index (κ3) is 2.22. The molecule has 2 N–H and O–H groups in total. The molecule has 1 aliphatic rings. The van der Waals surface area contributed by atoms with Crippen LogP contribution in [-0.2, 0) is 0 Å². The van der Waals surface area contributed by atoms with Crippen molar-refractivity contribution in [3.63, 3.8) is 0 Å². The van der Waals surface area contributed by atoms with Gasteiger partial charge in [-0.05, 0) is 25.3 Å². The lowest BCUT2D eigenvalue weighted by molar-refractivity contribution is 0.670. The van der Waals surface area contributed by atoms with Gasteiger partial charge >= 0.3 is 0 Å². The molecule has 2 rings (SSSR count). The van der Waals surface area contributed by atoms with Crippen LogP contribution < -0.4 is 10.9 Å². The van der Waals surface area contributed by atoms with Gasteiger partial charge in [0.05, 0.1) is 0 Å². The number of allylic oxidation sites excluding steroid dienone is 1. The third-order valence-corrected chi connectivity index (χ3v) is 2.27. The fourth-order valence-electron chi connectivity index (χ4n) is 1.55. The first kappa shape index (κ1) is 8.99. The van der Waals surface area contributed by atoms with Crippen molar-refractivity contribution in [2.24, 2.45) is 0 Å². The maximum absolute atomic E-state index is 10.8. The van der Waals surface area contributed by atoms with E-state index in [0.717, 1.165) is 18.7 Å². The van der Waals surface area contributed by atoms with Crippen LogP contribution in [0.2, 0.25) is 0 Å². The Morgan fingerprint density at radius 3 is 3.07 bits per heavy atom. The molecule has 1 aliphatic carbocycles. The Morgan fingerprint density at radius 2 is 2.43 bits per heavy atom. The van der Waals surface area contributed by atoms with Crippen LogP contribution in [0.3, 0.4) is 0 Å². The fourth-order valence-corrected chi connectivity index (χ4v) is 1.55. The van der Waals surface area contributed by atoms with Gasteiger partial charge in [-0.25, -0.2) is 5.10 Å². The summed E-state index contributed by atoms with van der Waals surface area (Å²) in [6, 6.07) is 3.52. The number of anilines is 1. The molecule has 0 bridgehead atoms. The highest BCUT2D eigenvalue weighted by atomic mass is 16.1. The average Bonchev–Trinajstić information content (AvgIpc) is 2.23. The predicted octanol–water partition coefficient (Wildman–Crippen LogP) is 1.29. The second kappa shape index (κ2) is 4.09. The molecule has 0 saturated carbocycles. The fraction of sp³-hybridized carbons (Fsp3) is 0.400. The van der Waals surface area contributed by atoms with Gasteiger partial charge in [0.2, 0.25) is 0 Å². The highest BCUT2D eigenvalue weighted by Gasteiger charge is 2.07. The molecule has 0 spiro atoms. The van der Waals surface area contributed by atoms with Crippen LogP contribution in [0.4, 0.5) is 5.82 Å². The highest BCUT2D eigenvalue weighted by Crippen LogP contribution is 2.13. The van der Waals surface area contributed by atoms with E-state index >= 15 is 0 Å². The van der Waals surface area contributed by atoms with E-state index in [1.54, 1.807) is 6.07 Å².